The van der Waals surface area contributed by atoms with Crippen LogP contribution in [-0.2, 0) is 4.74 Å². The van der Waals surface area contributed by atoms with Gasteiger partial charge in [-0.3, -0.25) is 0 Å². The molecule has 0 amide bonds. The fourth-order valence-corrected chi connectivity index (χ4v) is 4.78. The Balaban J connectivity index is 0.00000192. The third-order valence-corrected chi connectivity index (χ3v) is 5.68. The van der Waals surface area contributed by atoms with Gasteiger partial charge in [-0.2, -0.15) is 0 Å². The molecule has 3 nitrogen and oxygen atoms in total. The number of ether oxygens (including phenoxy) is 1. The number of esters is 1. The molecule has 1 heterocycles. The number of hydrogen-bond acceptors (Lipinski definition) is 2. The van der Waals surface area contributed by atoms with Crippen molar-refractivity contribution >= 4 is 5.97 Å². The number of quaternary nitrogens is 1. The monoisotopic (exact) mass is 337 g/mol. The first-order valence-electron chi connectivity index (χ1n) is 8.50. The van der Waals surface area contributed by atoms with Gasteiger partial charge in [-0.25, -0.2) is 4.79 Å². The number of likely N-dealkylation sites (tertiary alicyclic amines) is 1. The molecule has 1 aliphatic heterocycles. The number of benzene rings is 1. The highest BCUT2D eigenvalue weighted by Gasteiger charge is 2.47. The molecule has 0 spiro atoms. The average molecular weight is 338 g/mol. The molecule has 1 aliphatic carbocycles. The van der Waals surface area contributed by atoms with Gasteiger partial charge in [-0.05, 0) is 30.9 Å². The van der Waals surface area contributed by atoms with Gasteiger partial charge in [0.15, 0.2) is 0 Å². The lowest BCUT2D eigenvalue weighted by atomic mass is 9.77. The van der Waals surface area contributed by atoms with E-state index in [9.17, 15) is 4.79 Å². The van der Waals surface area contributed by atoms with Crippen LogP contribution in [0.2, 0.25) is 0 Å². The second kappa shape index (κ2) is 7.23. The Morgan fingerprint density at radius 1 is 1.13 bits per heavy atom. The molecule has 1 aromatic carbocycles. The van der Waals surface area contributed by atoms with Crippen LogP contribution in [0.25, 0.3) is 0 Å². The summed E-state index contributed by atoms with van der Waals surface area (Å²) >= 11 is 0. The highest BCUT2D eigenvalue weighted by atomic mass is 35.5. The number of hydrogen-bond donors (Lipinski definition) is 0. The quantitative estimate of drug-likeness (QED) is 0.582. The van der Waals surface area contributed by atoms with Crippen LogP contribution in [0.3, 0.4) is 0 Å². The van der Waals surface area contributed by atoms with E-state index in [1.54, 1.807) is 0 Å². The maximum atomic E-state index is 12.1. The van der Waals surface area contributed by atoms with Gasteiger partial charge < -0.3 is 21.6 Å². The summed E-state index contributed by atoms with van der Waals surface area (Å²) in [6.45, 7) is 5.48. The van der Waals surface area contributed by atoms with Crippen LogP contribution in [0.5, 0.6) is 0 Å². The average Bonchev–Trinajstić information content (AvgIpc) is 2.87. The standard InChI is InChI=1S/C19H28NO2.ClH/c1-14-11-20(2,3)12-18-16(9-10-17(14)18)13-22-19(21)15-7-5-4-6-8-15;/h4-8,14,16-18H,9-13H2,1-3H3;1H/q+1;/p-1/t14-,16-,17+,18-;/m1./s1. The predicted octanol–water partition coefficient (Wildman–Crippen LogP) is 0.216. The van der Waals surface area contributed by atoms with Crippen molar-refractivity contribution in [3.05, 3.63) is 35.9 Å². The maximum Gasteiger partial charge on any atom is 0.338 e. The summed E-state index contributed by atoms with van der Waals surface area (Å²) in [6, 6.07) is 9.32. The van der Waals surface area contributed by atoms with Crippen molar-refractivity contribution in [1.29, 1.82) is 0 Å². The van der Waals surface area contributed by atoms with E-state index in [1.807, 2.05) is 30.3 Å². The number of halogens is 1. The maximum absolute atomic E-state index is 12.1. The third kappa shape index (κ3) is 4.07. The zero-order valence-corrected chi connectivity index (χ0v) is 15.1. The van der Waals surface area contributed by atoms with E-state index in [4.69, 9.17) is 4.74 Å². The van der Waals surface area contributed by atoms with Gasteiger partial charge in [-0.15, -0.1) is 0 Å². The molecule has 1 saturated heterocycles. The Hall–Kier alpha value is -1.06. The van der Waals surface area contributed by atoms with E-state index in [1.165, 1.54) is 25.9 Å². The van der Waals surface area contributed by atoms with Gasteiger partial charge in [0.2, 0.25) is 0 Å². The molecule has 0 bridgehead atoms. The molecule has 1 saturated carbocycles. The smallest absolute Gasteiger partial charge is 0.338 e. The zero-order chi connectivity index (χ0) is 15.7. The first-order valence-corrected chi connectivity index (χ1v) is 8.50. The molecule has 4 atom stereocenters. The minimum atomic E-state index is -0.179. The molecule has 0 aromatic heterocycles. The first kappa shape index (κ1) is 18.3. The molecule has 128 valence electrons. The molecule has 0 unspecified atom stereocenters. The van der Waals surface area contributed by atoms with E-state index in [2.05, 4.69) is 21.0 Å². The Morgan fingerprint density at radius 3 is 2.52 bits per heavy atom. The lowest BCUT2D eigenvalue weighted by Crippen LogP contribution is -3.00. The summed E-state index contributed by atoms with van der Waals surface area (Å²) in [5.74, 6) is 2.68. The van der Waals surface area contributed by atoms with Gasteiger partial charge >= 0.3 is 5.97 Å². The number of rotatable bonds is 3. The number of nitrogens with zero attached hydrogens (tertiary/aromatic N) is 1. The molecule has 23 heavy (non-hydrogen) atoms. The number of carbonyl (C=O) groups is 1. The highest BCUT2D eigenvalue weighted by Crippen LogP contribution is 2.45. The van der Waals surface area contributed by atoms with Crippen LogP contribution in [-0.4, -0.2) is 44.2 Å². The fraction of sp³-hybridized carbons (Fsp3) is 0.632. The molecule has 2 fully saturated rings. The van der Waals surface area contributed by atoms with Crippen LogP contribution in [0.4, 0.5) is 0 Å². The summed E-state index contributed by atoms with van der Waals surface area (Å²) in [5.41, 5.74) is 0.658. The molecule has 0 N–H and O–H groups in total. The summed E-state index contributed by atoms with van der Waals surface area (Å²) in [5, 5.41) is 0. The molecule has 2 aliphatic rings. The summed E-state index contributed by atoms with van der Waals surface area (Å²) < 4.78 is 6.72. The van der Waals surface area contributed by atoms with Crippen molar-refractivity contribution in [3.63, 3.8) is 0 Å². The van der Waals surface area contributed by atoms with E-state index in [0.29, 0.717) is 24.0 Å². The largest absolute Gasteiger partial charge is 1.00 e. The number of fused-ring (bicyclic) bond motifs is 1. The van der Waals surface area contributed by atoms with Gasteiger partial charge in [0, 0.05) is 17.8 Å². The van der Waals surface area contributed by atoms with Crippen molar-refractivity contribution in [2.45, 2.75) is 19.8 Å². The zero-order valence-electron chi connectivity index (χ0n) is 14.4. The van der Waals surface area contributed by atoms with Crippen LogP contribution in [0, 0.1) is 23.7 Å². The normalized spacial score (nSPS) is 31.8. The summed E-state index contributed by atoms with van der Waals surface area (Å²) in [6.07, 6.45) is 2.52. The van der Waals surface area contributed by atoms with Crippen molar-refractivity contribution in [1.82, 2.24) is 0 Å². The SMILES string of the molecule is C[C@@H]1C[N+](C)(C)C[C@@H]2[C@@H](COC(=O)c3ccccc3)CC[C@H]21.[Cl-]. The second-order valence-corrected chi connectivity index (χ2v) is 7.91. The minimum Gasteiger partial charge on any atom is -1.00 e. The molecular formula is C19H28ClNO2. The van der Waals surface area contributed by atoms with Crippen LogP contribution in [0.1, 0.15) is 30.1 Å². The minimum absolute atomic E-state index is 0. The topological polar surface area (TPSA) is 26.3 Å². The van der Waals surface area contributed by atoms with E-state index < -0.39 is 0 Å². The molecule has 3 rings (SSSR count). The van der Waals surface area contributed by atoms with Crippen molar-refractivity contribution in [2.75, 3.05) is 33.8 Å². The van der Waals surface area contributed by atoms with Gasteiger partial charge in [0.05, 0.1) is 39.4 Å². The van der Waals surface area contributed by atoms with E-state index in [-0.39, 0.29) is 18.4 Å². The summed E-state index contributed by atoms with van der Waals surface area (Å²) in [4.78, 5) is 12.1. The summed E-state index contributed by atoms with van der Waals surface area (Å²) in [7, 11) is 4.66. The Kier molecular flexibility index (Phi) is 5.74. The highest BCUT2D eigenvalue weighted by molar-refractivity contribution is 5.89. The van der Waals surface area contributed by atoms with Gasteiger partial charge in [0.1, 0.15) is 0 Å². The molecule has 0 radical (unpaired) electrons. The third-order valence-electron chi connectivity index (χ3n) is 5.68. The molecule has 1 aromatic rings. The Morgan fingerprint density at radius 2 is 1.83 bits per heavy atom. The van der Waals surface area contributed by atoms with Crippen LogP contribution < -0.4 is 12.4 Å². The second-order valence-electron chi connectivity index (χ2n) is 7.91. The lowest BCUT2D eigenvalue weighted by Gasteiger charge is -2.44. The van der Waals surface area contributed by atoms with E-state index in [0.717, 1.165) is 16.3 Å². The molecule has 4 heteroatoms. The van der Waals surface area contributed by atoms with Crippen molar-refractivity contribution in [2.24, 2.45) is 23.7 Å². The van der Waals surface area contributed by atoms with Crippen LogP contribution >= 0.6 is 0 Å². The van der Waals surface area contributed by atoms with Crippen molar-refractivity contribution in [3.8, 4) is 0 Å². The lowest BCUT2D eigenvalue weighted by molar-refractivity contribution is -0.904. The Labute approximate surface area is 146 Å². The number of piperidine rings is 1. The first-order chi connectivity index (χ1) is 10.5. The van der Waals surface area contributed by atoms with Gasteiger partial charge in [0.25, 0.3) is 0 Å². The van der Waals surface area contributed by atoms with E-state index >= 15 is 0 Å². The van der Waals surface area contributed by atoms with Gasteiger partial charge in [-0.1, -0.05) is 25.1 Å². The number of carbonyl (C=O) groups excluding carboxylic acids is 1. The van der Waals surface area contributed by atoms with Crippen LogP contribution in [0.15, 0.2) is 30.3 Å². The van der Waals surface area contributed by atoms with Crippen molar-refractivity contribution < 1.29 is 26.4 Å². The molecular weight excluding hydrogens is 310 g/mol. The Bertz CT molecular complexity index is 531. The predicted molar refractivity (Wildman–Crippen MR) is 87.4 cm³/mol. The fourth-order valence-electron chi connectivity index (χ4n) is 4.78.